The van der Waals surface area contributed by atoms with Crippen molar-refractivity contribution in [2.45, 2.75) is 6.10 Å². The van der Waals surface area contributed by atoms with Crippen LogP contribution in [-0.2, 0) is 9.53 Å². The number of aliphatic hydroxyl groups is 1. The van der Waals surface area contributed by atoms with Gasteiger partial charge >= 0.3 is 5.97 Å². The molecule has 2 atom stereocenters. The van der Waals surface area contributed by atoms with E-state index in [2.05, 4.69) is 31.9 Å². The Morgan fingerprint density at radius 1 is 1.11 bits per heavy atom. The van der Waals surface area contributed by atoms with Gasteiger partial charge in [0, 0.05) is 11.5 Å². The van der Waals surface area contributed by atoms with Crippen LogP contribution in [-0.4, -0.2) is 28.1 Å². The van der Waals surface area contributed by atoms with Gasteiger partial charge in [-0.05, 0) is 67.3 Å². The summed E-state index contributed by atoms with van der Waals surface area (Å²) in [6.07, 6.45) is 5.79. The van der Waals surface area contributed by atoms with Gasteiger partial charge in [0.2, 0.25) is 0 Å². The average molecular weight is 492 g/mol. The average Bonchev–Trinajstić information content (AvgIpc) is 2.66. The van der Waals surface area contributed by atoms with Crippen molar-refractivity contribution in [1.29, 1.82) is 0 Å². The predicted octanol–water partition coefficient (Wildman–Crippen LogP) is 4.63. The highest BCUT2D eigenvalue weighted by Crippen LogP contribution is 2.49. The van der Waals surface area contributed by atoms with Crippen LogP contribution in [0.1, 0.15) is 15.9 Å². The Labute approximate surface area is 171 Å². The van der Waals surface area contributed by atoms with Crippen LogP contribution in [0, 0.1) is 5.92 Å². The highest BCUT2D eigenvalue weighted by atomic mass is 79.9. The summed E-state index contributed by atoms with van der Waals surface area (Å²) < 4.78 is 6.75. The molecule has 0 saturated heterocycles. The lowest BCUT2D eigenvalue weighted by atomic mass is 9.77. The number of carboxylic acid groups (broad SMARTS) is 1. The molecule has 7 heteroatoms. The molecule has 0 amide bonds. The van der Waals surface area contributed by atoms with E-state index in [0.29, 0.717) is 21.4 Å². The summed E-state index contributed by atoms with van der Waals surface area (Å²) in [5, 5.41) is 19.7. The van der Waals surface area contributed by atoms with Crippen LogP contribution in [0.4, 0.5) is 0 Å². The third kappa shape index (κ3) is 2.82. The zero-order chi connectivity index (χ0) is 19.3. The number of allylic oxidation sites excluding steroid dienone is 4. The van der Waals surface area contributed by atoms with E-state index in [1.54, 1.807) is 42.5 Å². The second-order valence-corrected chi connectivity index (χ2v) is 7.82. The minimum absolute atomic E-state index is 0.0278. The Morgan fingerprint density at radius 3 is 2.59 bits per heavy atom. The van der Waals surface area contributed by atoms with E-state index in [1.165, 1.54) is 6.08 Å². The maximum Gasteiger partial charge on any atom is 0.336 e. The normalized spacial score (nSPS) is 24.0. The van der Waals surface area contributed by atoms with Crippen LogP contribution in [0.5, 0.6) is 0 Å². The standard InChI is InChI=1S/C20H12Br2O5/c21-16-13(23)7-5-11-15(9-3-1-2-4-10(9)20(25)26)12-6-8-14(24)17(22)19(12)27-18(11)16/h1-8,11,18,23H,(H,25,26)/t11-,18-/m1/s1. The number of hydrogen-bond donors (Lipinski definition) is 2. The fourth-order valence-electron chi connectivity index (χ4n) is 3.45. The number of rotatable bonds is 2. The van der Waals surface area contributed by atoms with Gasteiger partial charge in [0.05, 0.1) is 10.0 Å². The first-order valence-corrected chi connectivity index (χ1v) is 9.61. The zero-order valence-corrected chi connectivity index (χ0v) is 16.8. The van der Waals surface area contributed by atoms with E-state index in [-0.39, 0.29) is 27.5 Å². The number of aliphatic hydroxyl groups excluding tert-OH is 1. The number of benzene rings is 1. The third-order valence-corrected chi connectivity index (χ3v) is 6.27. The summed E-state index contributed by atoms with van der Waals surface area (Å²) in [6.45, 7) is 0. The molecular formula is C20H12Br2O5. The molecule has 3 aliphatic rings. The lowest BCUT2D eigenvalue weighted by Crippen LogP contribution is -2.33. The smallest absolute Gasteiger partial charge is 0.336 e. The van der Waals surface area contributed by atoms with Gasteiger partial charge in [0.1, 0.15) is 22.1 Å². The summed E-state index contributed by atoms with van der Waals surface area (Å²) in [6, 6.07) is 6.72. The topological polar surface area (TPSA) is 83.8 Å². The summed E-state index contributed by atoms with van der Waals surface area (Å²) in [4.78, 5) is 23.9. The van der Waals surface area contributed by atoms with Crippen LogP contribution >= 0.6 is 31.9 Å². The molecular weight excluding hydrogens is 480 g/mol. The van der Waals surface area contributed by atoms with Crippen LogP contribution in [0.2, 0.25) is 0 Å². The fourth-order valence-corrected chi connectivity index (χ4v) is 4.40. The van der Waals surface area contributed by atoms with Gasteiger partial charge in [-0.2, -0.15) is 0 Å². The first-order chi connectivity index (χ1) is 12.9. The van der Waals surface area contributed by atoms with Gasteiger partial charge in [0.25, 0.3) is 0 Å². The van der Waals surface area contributed by atoms with Crippen LogP contribution in [0.3, 0.4) is 0 Å². The molecule has 1 aromatic rings. The van der Waals surface area contributed by atoms with E-state index >= 15 is 0 Å². The van der Waals surface area contributed by atoms with Crippen molar-refractivity contribution in [3.63, 3.8) is 0 Å². The number of halogens is 2. The van der Waals surface area contributed by atoms with Gasteiger partial charge in [-0.1, -0.05) is 24.3 Å². The molecule has 136 valence electrons. The number of fused-ring (bicyclic) bond motifs is 2. The zero-order valence-electron chi connectivity index (χ0n) is 13.6. The maximum atomic E-state index is 12.1. The number of carboxylic acids is 1. The van der Waals surface area contributed by atoms with E-state index in [4.69, 9.17) is 4.74 Å². The summed E-state index contributed by atoms with van der Waals surface area (Å²) in [5.41, 5.74) is 2.06. The molecule has 4 rings (SSSR count). The van der Waals surface area contributed by atoms with Gasteiger partial charge in [-0.3, -0.25) is 4.79 Å². The maximum absolute atomic E-state index is 12.1. The monoisotopic (exact) mass is 490 g/mol. The molecule has 0 unspecified atom stereocenters. The van der Waals surface area contributed by atoms with Crippen molar-refractivity contribution in [3.05, 3.63) is 85.8 Å². The molecule has 5 nitrogen and oxygen atoms in total. The van der Waals surface area contributed by atoms with Crippen molar-refractivity contribution < 1.29 is 24.5 Å². The Balaban J connectivity index is 2.04. The number of carbonyl (C=O) groups excluding carboxylic acids is 1. The molecule has 0 radical (unpaired) electrons. The van der Waals surface area contributed by atoms with E-state index in [1.807, 2.05) is 0 Å². The minimum atomic E-state index is -1.04. The summed E-state index contributed by atoms with van der Waals surface area (Å²) in [7, 11) is 0. The first kappa shape index (κ1) is 18.0. The van der Waals surface area contributed by atoms with Crippen molar-refractivity contribution >= 4 is 49.2 Å². The summed E-state index contributed by atoms with van der Waals surface area (Å²) in [5.74, 6) is -1.26. The Bertz CT molecular complexity index is 1040. The molecule has 0 spiro atoms. The van der Waals surface area contributed by atoms with E-state index in [9.17, 15) is 19.8 Å². The predicted molar refractivity (Wildman–Crippen MR) is 107 cm³/mol. The second-order valence-electron chi connectivity index (χ2n) is 6.18. The molecule has 0 fully saturated rings. The SMILES string of the molecule is O=C1C=CC2=C(c3ccccc3C(=O)O)[C@H]3C=CC(O)=C(Br)[C@@H]3OC2=C1Br. The number of hydrogen-bond acceptors (Lipinski definition) is 4. The fraction of sp³-hybridized carbons (Fsp3) is 0.100. The van der Waals surface area contributed by atoms with Crippen LogP contribution < -0.4 is 0 Å². The molecule has 0 saturated carbocycles. The molecule has 2 aliphatic carbocycles. The van der Waals surface area contributed by atoms with Gasteiger partial charge < -0.3 is 14.9 Å². The highest BCUT2D eigenvalue weighted by Gasteiger charge is 2.41. The second kappa shape index (κ2) is 6.65. The molecule has 1 aliphatic heterocycles. The quantitative estimate of drug-likeness (QED) is 0.630. The lowest BCUT2D eigenvalue weighted by Gasteiger charge is -2.38. The molecule has 1 aromatic carbocycles. The molecule has 27 heavy (non-hydrogen) atoms. The van der Waals surface area contributed by atoms with Crippen molar-refractivity contribution in [2.75, 3.05) is 0 Å². The van der Waals surface area contributed by atoms with Crippen molar-refractivity contribution in [1.82, 2.24) is 0 Å². The molecule has 2 N–H and O–H groups in total. The van der Waals surface area contributed by atoms with E-state index < -0.39 is 12.1 Å². The Kier molecular flexibility index (Phi) is 4.44. The molecule has 0 bridgehead atoms. The Hall–Kier alpha value is -2.38. The first-order valence-electron chi connectivity index (χ1n) is 8.03. The Morgan fingerprint density at radius 2 is 1.85 bits per heavy atom. The van der Waals surface area contributed by atoms with Gasteiger partial charge in [-0.25, -0.2) is 4.79 Å². The van der Waals surface area contributed by atoms with Crippen LogP contribution in [0.15, 0.2) is 74.6 Å². The third-order valence-electron chi connectivity index (χ3n) is 4.66. The van der Waals surface area contributed by atoms with Crippen LogP contribution in [0.25, 0.3) is 5.57 Å². The van der Waals surface area contributed by atoms with Crippen molar-refractivity contribution in [3.8, 4) is 0 Å². The number of carbonyl (C=O) groups is 2. The molecule has 0 aromatic heterocycles. The van der Waals surface area contributed by atoms with Gasteiger partial charge in [-0.15, -0.1) is 0 Å². The largest absolute Gasteiger partial charge is 0.507 e. The highest BCUT2D eigenvalue weighted by molar-refractivity contribution is 9.12. The minimum Gasteiger partial charge on any atom is -0.507 e. The number of aromatic carboxylic acids is 1. The number of ketones is 1. The number of ether oxygens (including phenoxy) is 1. The van der Waals surface area contributed by atoms with Crippen molar-refractivity contribution in [2.24, 2.45) is 5.92 Å². The van der Waals surface area contributed by atoms with Gasteiger partial charge in [0.15, 0.2) is 5.78 Å². The lowest BCUT2D eigenvalue weighted by molar-refractivity contribution is -0.111. The van der Waals surface area contributed by atoms with E-state index in [0.717, 1.165) is 5.57 Å². The molecule has 1 heterocycles. The summed E-state index contributed by atoms with van der Waals surface area (Å²) >= 11 is 6.65.